The van der Waals surface area contributed by atoms with E-state index in [-0.39, 0.29) is 30.3 Å². The highest BCUT2D eigenvalue weighted by atomic mass is 16.4. The summed E-state index contributed by atoms with van der Waals surface area (Å²) in [6.45, 7) is 2.85. The van der Waals surface area contributed by atoms with E-state index in [1.807, 2.05) is 6.07 Å². The number of hydrogen-bond acceptors (Lipinski definition) is 4. The van der Waals surface area contributed by atoms with Crippen molar-refractivity contribution in [2.75, 3.05) is 13.1 Å². The van der Waals surface area contributed by atoms with E-state index in [1.165, 1.54) is 19.9 Å². The Morgan fingerprint density at radius 2 is 1.84 bits per heavy atom. The fourth-order valence-electron chi connectivity index (χ4n) is 2.54. The number of rotatable bonds is 6. The molecule has 2 rings (SSSR count). The Labute approximate surface area is 144 Å². The van der Waals surface area contributed by atoms with E-state index in [9.17, 15) is 24.6 Å². The number of carbonyl (C=O) groups excluding carboxylic acids is 2. The Bertz CT molecular complexity index is 818. The van der Waals surface area contributed by atoms with Crippen molar-refractivity contribution in [1.82, 2.24) is 10.2 Å². The Morgan fingerprint density at radius 1 is 1.16 bits per heavy atom. The molecule has 0 radical (unpaired) electrons. The van der Waals surface area contributed by atoms with Crippen LogP contribution in [0.2, 0.25) is 0 Å². The summed E-state index contributed by atoms with van der Waals surface area (Å²) >= 11 is 0. The summed E-state index contributed by atoms with van der Waals surface area (Å²) in [6, 6.07) is 9.11. The first-order valence-electron chi connectivity index (χ1n) is 7.82. The zero-order valence-corrected chi connectivity index (χ0v) is 14.0. The van der Waals surface area contributed by atoms with Crippen molar-refractivity contribution in [3.63, 3.8) is 0 Å². The first kappa shape index (κ1) is 18.3. The molecule has 0 aliphatic heterocycles. The molecule has 0 saturated heterocycles. The Hall–Kier alpha value is -3.09. The third-order valence-corrected chi connectivity index (χ3v) is 3.94. The monoisotopic (exact) mass is 344 g/mol. The van der Waals surface area contributed by atoms with Gasteiger partial charge in [-0.05, 0) is 18.4 Å². The van der Waals surface area contributed by atoms with E-state index >= 15 is 0 Å². The molecular weight excluding hydrogens is 324 g/mol. The molecule has 1 atom stereocenters. The van der Waals surface area contributed by atoms with E-state index in [0.29, 0.717) is 5.39 Å². The van der Waals surface area contributed by atoms with Gasteiger partial charge in [-0.25, -0.2) is 4.79 Å². The normalized spacial score (nSPS) is 11.8. The summed E-state index contributed by atoms with van der Waals surface area (Å²) in [5.41, 5.74) is 0.0228. The van der Waals surface area contributed by atoms with Crippen molar-refractivity contribution < 1.29 is 24.6 Å². The second kappa shape index (κ2) is 7.65. The Kier molecular flexibility index (Phi) is 5.59. The number of nitrogens with zero attached hydrogens (tertiary/aromatic N) is 1. The summed E-state index contributed by atoms with van der Waals surface area (Å²) in [7, 11) is 0. The van der Waals surface area contributed by atoms with Gasteiger partial charge in [0.15, 0.2) is 0 Å². The number of amides is 2. The van der Waals surface area contributed by atoms with Crippen LogP contribution in [0.5, 0.6) is 5.75 Å². The highest BCUT2D eigenvalue weighted by Gasteiger charge is 2.28. The van der Waals surface area contributed by atoms with Gasteiger partial charge < -0.3 is 20.4 Å². The number of carbonyl (C=O) groups is 3. The lowest BCUT2D eigenvalue weighted by atomic mass is 10.0. The average molecular weight is 344 g/mol. The van der Waals surface area contributed by atoms with E-state index in [0.717, 1.165) is 10.3 Å². The summed E-state index contributed by atoms with van der Waals surface area (Å²) < 4.78 is 0. The van der Waals surface area contributed by atoms with Crippen LogP contribution in [0.25, 0.3) is 10.8 Å². The number of hydrogen-bond donors (Lipinski definition) is 3. The van der Waals surface area contributed by atoms with E-state index in [1.54, 1.807) is 24.3 Å². The number of phenolic OH excluding ortho intramolecular Hbond substituents is 1. The first-order chi connectivity index (χ1) is 11.8. The van der Waals surface area contributed by atoms with Crippen molar-refractivity contribution in [3.05, 3.63) is 42.0 Å². The largest absolute Gasteiger partial charge is 0.506 e. The van der Waals surface area contributed by atoms with Gasteiger partial charge >= 0.3 is 5.97 Å². The molecule has 2 aromatic carbocycles. The molecule has 0 heterocycles. The molecule has 7 heteroatoms. The second-order valence-electron chi connectivity index (χ2n) is 5.68. The molecule has 25 heavy (non-hydrogen) atoms. The summed E-state index contributed by atoms with van der Waals surface area (Å²) in [6.07, 6.45) is 0. The topological polar surface area (TPSA) is 107 Å². The lowest BCUT2D eigenvalue weighted by Crippen LogP contribution is -2.46. The molecule has 3 N–H and O–H groups in total. The van der Waals surface area contributed by atoms with Gasteiger partial charge in [-0.1, -0.05) is 30.3 Å². The number of fused-ring (bicyclic) bond motifs is 1. The van der Waals surface area contributed by atoms with Crippen LogP contribution in [-0.4, -0.2) is 52.0 Å². The number of carboxylic acid groups (broad SMARTS) is 1. The van der Waals surface area contributed by atoms with Gasteiger partial charge in [-0.3, -0.25) is 9.59 Å². The molecule has 0 aliphatic rings. The zero-order chi connectivity index (χ0) is 18.6. The zero-order valence-electron chi connectivity index (χ0n) is 14.0. The van der Waals surface area contributed by atoms with Crippen LogP contribution in [0.3, 0.4) is 0 Å². The molecule has 0 spiro atoms. The third kappa shape index (κ3) is 4.06. The number of phenols is 1. The van der Waals surface area contributed by atoms with Crippen LogP contribution in [0.4, 0.5) is 0 Å². The van der Waals surface area contributed by atoms with Crippen LogP contribution in [0.1, 0.15) is 24.2 Å². The van der Waals surface area contributed by atoms with Crippen molar-refractivity contribution in [2.24, 2.45) is 0 Å². The lowest BCUT2D eigenvalue weighted by Gasteiger charge is -2.27. The molecule has 1 unspecified atom stereocenters. The number of nitrogens with one attached hydrogen (secondary N) is 1. The molecule has 0 bridgehead atoms. The van der Waals surface area contributed by atoms with Crippen molar-refractivity contribution in [1.29, 1.82) is 0 Å². The maximum absolute atomic E-state index is 12.8. The average Bonchev–Trinajstić information content (AvgIpc) is 2.58. The van der Waals surface area contributed by atoms with Gasteiger partial charge in [0.05, 0.1) is 5.56 Å². The van der Waals surface area contributed by atoms with E-state index in [2.05, 4.69) is 5.32 Å². The molecule has 7 nitrogen and oxygen atoms in total. The third-order valence-electron chi connectivity index (χ3n) is 3.94. The molecule has 0 aliphatic carbocycles. The van der Waals surface area contributed by atoms with Crippen LogP contribution in [-0.2, 0) is 9.59 Å². The van der Waals surface area contributed by atoms with Crippen LogP contribution in [0, 0.1) is 0 Å². The van der Waals surface area contributed by atoms with E-state index < -0.39 is 17.9 Å². The summed E-state index contributed by atoms with van der Waals surface area (Å²) in [5.74, 6) is -2.24. The molecular formula is C18H20N2O5. The summed E-state index contributed by atoms with van der Waals surface area (Å²) in [5, 5.41) is 23.5. The second-order valence-corrected chi connectivity index (χ2v) is 5.68. The molecule has 0 saturated carbocycles. The van der Waals surface area contributed by atoms with Crippen LogP contribution in [0.15, 0.2) is 36.4 Å². The van der Waals surface area contributed by atoms with E-state index in [4.69, 9.17) is 0 Å². The smallest absolute Gasteiger partial charge is 0.326 e. The van der Waals surface area contributed by atoms with Crippen LogP contribution >= 0.6 is 0 Å². The predicted molar refractivity (Wildman–Crippen MR) is 92.4 cm³/mol. The molecule has 0 fully saturated rings. The number of carboxylic acids is 1. The summed E-state index contributed by atoms with van der Waals surface area (Å²) in [4.78, 5) is 36.3. The number of benzene rings is 2. The standard InChI is InChI=1S/C18H20N2O5/c1-11(18(24)25)20(10-9-19-12(2)21)17(23)15-8-7-13-5-3-4-6-14(13)16(15)22/h3-8,11,22H,9-10H2,1-2H3,(H,19,21)(H,24,25). The highest BCUT2D eigenvalue weighted by Crippen LogP contribution is 2.29. The SMILES string of the molecule is CC(=O)NCCN(C(=O)c1ccc2ccccc2c1O)C(C)C(=O)O. The minimum absolute atomic E-state index is 0.0121. The maximum Gasteiger partial charge on any atom is 0.326 e. The molecule has 2 aromatic rings. The fourth-order valence-corrected chi connectivity index (χ4v) is 2.54. The van der Waals surface area contributed by atoms with Crippen molar-refractivity contribution in [2.45, 2.75) is 19.9 Å². The minimum Gasteiger partial charge on any atom is -0.506 e. The predicted octanol–water partition coefficient (Wildman–Crippen LogP) is 1.60. The number of aromatic hydroxyl groups is 1. The fraction of sp³-hybridized carbons (Fsp3) is 0.278. The molecule has 132 valence electrons. The molecule has 0 aromatic heterocycles. The van der Waals surface area contributed by atoms with Gasteiger partial charge in [-0.15, -0.1) is 0 Å². The first-order valence-corrected chi connectivity index (χ1v) is 7.82. The van der Waals surface area contributed by atoms with Gasteiger partial charge in [0.2, 0.25) is 5.91 Å². The van der Waals surface area contributed by atoms with Gasteiger partial charge in [0.1, 0.15) is 11.8 Å². The van der Waals surface area contributed by atoms with Crippen LogP contribution < -0.4 is 5.32 Å². The van der Waals surface area contributed by atoms with Gasteiger partial charge in [-0.2, -0.15) is 0 Å². The van der Waals surface area contributed by atoms with Gasteiger partial charge in [0, 0.05) is 25.4 Å². The highest BCUT2D eigenvalue weighted by molar-refractivity contribution is 6.04. The number of aliphatic carboxylic acids is 1. The minimum atomic E-state index is -1.17. The lowest BCUT2D eigenvalue weighted by molar-refractivity contribution is -0.141. The van der Waals surface area contributed by atoms with Crippen molar-refractivity contribution >= 4 is 28.6 Å². The Balaban J connectivity index is 2.36. The quantitative estimate of drug-likeness (QED) is 0.738. The van der Waals surface area contributed by atoms with Crippen molar-refractivity contribution in [3.8, 4) is 5.75 Å². The van der Waals surface area contributed by atoms with Gasteiger partial charge in [0.25, 0.3) is 5.91 Å². The maximum atomic E-state index is 12.8. The molecule has 2 amide bonds. The Morgan fingerprint density at radius 3 is 2.48 bits per heavy atom.